The highest BCUT2D eigenvalue weighted by molar-refractivity contribution is 9.10. The van der Waals surface area contributed by atoms with Gasteiger partial charge < -0.3 is 4.74 Å². The molecular formula is C21H20BrNO3S. The first-order valence-electron chi connectivity index (χ1n) is 8.65. The largest absolute Gasteiger partial charge is 0.493 e. The number of rotatable bonds is 6. The van der Waals surface area contributed by atoms with Crippen LogP contribution in [0.5, 0.6) is 5.75 Å². The molecule has 0 aliphatic carbocycles. The van der Waals surface area contributed by atoms with Crippen LogP contribution in [0.25, 0.3) is 6.08 Å². The van der Waals surface area contributed by atoms with E-state index < -0.39 is 0 Å². The van der Waals surface area contributed by atoms with Crippen LogP contribution >= 0.6 is 27.7 Å². The summed E-state index contributed by atoms with van der Waals surface area (Å²) in [7, 11) is 0. The van der Waals surface area contributed by atoms with Gasteiger partial charge in [-0.3, -0.25) is 14.5 Å². The molecule has 0 bridgehead atoms. The minimum Gasteiger partial charge on any atom is -0.493 e. The molecule has 2 aromatic rings. The Morgan fingerprint density at radius 2 is 1.74 bits per heavy atom. The van der Waals surface area contributed by atoms with Gasteiger partial charge in [0, 0.05) is 4.47 Å². The van der Waals surface area contributed by atoms with Gasteiger partial charge in [-0.1, -0.05) is 54.0 Å². The van der Waals surface area contributed by atoms with Crippen LogP contribution in [-0.2, 0) is 11.3 Å². The van der Waals surface area contributed by atoms with Gasteiger partial charge in [0.25, 0.3) is 11.1 Å². The number of ether oxygens (including phenoxy) is 1. The number of amides is 2. The third-order valence-electron chi connectivity index (χ3n) is 3.89. The van der Waals surface area contributed by atoms with Crippen LogP contribution in [0.2, 0.25) is 0 Å². The van der Waals surface area contributed by atoms with Gasteiger partial charge >= 0.3 is 0 Å². The molecule has 27 heavy (non-hydrogen) atoms. The number of hydrogen-bond donors (Lipinski definition) is 0. The van der Waals surface area contributed by atoms with E-state index in [2.05, 4.69) is 29.8 Å². The van der Waals surface area contributed by atoms with E-state index in [1.807, 2.05) is 48.5 Å². The highest BCUT2D eigenvalue weighted by Crippen LogP contribution is 2.33. The van der Waals surface area contributed by atoms with Crippen LogP contribution in [0.15, 0.2) is 57.9 Å². The molecule has 2 aromatic carbocycles. The number of thioether (sulfide) groups is 1. The number of carbonyl (C=O) groups excluding carboxylic acids is 2. The first kappa shape index (κ1) is 19.7. The molecule has 1 saturated heterocycles. The highest BCUT2D eigenvalue weighted by Gasteiger charge is 2.34. The number of carbonyl (C=O) groups is 2. The smallest absolute Gasteiger partial charge is 0.293 e. The molecule has 1 aliphatic rings. The van der Waals surface area contributed by atoms with Gasteiger partial charge in [0.1, 0.15) is 5.75 Å². The summed E-state index contributed by atoms with van der Waals surface area (Å²) in [6, 6.07) is 15.1. The van der Waals surface area contributed by atoms with Crippen molar-refractivity contribution in [3.63, 3.8) is 0 Å². The van der Waals surface area contributed by atoms with Gasteiger partial charge in [0.05, 0.1) is 18.1 Å². The van der Waals surface area contributed by atoms with Crippen LogP contribution in [0.4, 0.5) is 4.79 Å². The summed E-state index contributed by atoms with van der Waals surface area (Å²) in [5.74, 6) is 0.999. The average Bonchev–Trinajstić information content (AvgIpc) is 2.90. The minimum atomic E-state index is -0.256. The van der Waals surface area contributed by atoms with E-state index in [9.17, 15) is 9.59 Å². The molecule has 0 aromatic heterocycles. The molecular weight excluding hydrogens is 426 g/mol. The van der Waals surface area contributed by atoms with Crippen molar-refractivity contribution in [3.05, 3.63) is 69.0 Å². The van der Waals surface area contributed by atoms with E-state index >= 15 is 0 Å². The molecule has 1 fully saturated rings. The van der Waals surface area contributed by atoms with Gasteiger partial charge in [-0.05, 0) is 59.1 Å². The third-order valence-corrected chi connectivity index (χ3v) is 5.32. The van der Waals surface area contributed by atoms with E-state index in [0.29, 0.717) is 17.4 Å². The maximum Gasteiger partial charge on any atom is 0.293 e. The molecule has 0 atom stereocenters. The number of nitrogens with zero attached hydrogens (tertiary/aromatic N) is 1. The Kier molecular flexibility index (Phi) is 6.39. The fourth-order valence-electron chi connectivity index (χ4n) is 2.48. The Morgan fingerprint density at radius 3 is 2.37 bits per heavy atom. The Labute approximate surface area is 171 Å². The Balaban J connectivity index is 1.69. The van der Waals surface area contributed by atoms with Gasteiger partial charge in [0.15, 0.2) is 0 Å². The van der Waals surface area contributed by atoms with Gasteiger partial charge in [-0.2, -0.15) is 0 Å². The van der Waals surface area contributed by atoms with E-state index in [4.69, 9.17) is 4.74 Å². The normalized spacial score (nSPS) is 15.9. The molecule has 6 heteroatoms. The van der Waals surface area contributed by atoms with Crippen molar-refractivity contribution in [3.8, 4) is 5.75 Å². The lowest BCUT2D eigenvalue weighted by Crippen LogP contribution is -2.27. The van der Waals surface area contributed by atoms with Crippen molar-refractivity contribution < 1.29 is 14.3 Å². The Hall–Kier alpha value is -2.05. The second-order valence-electron chi connectivity index (χ2n) is 6.67. The standard InChI is InChI=1S/C21H20BrNO3S/c1-14(2)13-26-18-9-5-15(6-10-18)11-19-20(24)23(21(25)27-19)12-16-3-7-17(22)8-4-16/h3-11,14H,12-13H2,1-2H3/b19-11-. The van der Waals surface area contributed by atoms with Crippen LogP contribution < -0.4 is 4.74 Å². The van der Waals surface area contributed by atoms with Crippen LogP contribution in [-0.4, -0.2) is 22.7 Å². The van der Waals surface area contributed by atoms with E-state index in [1.54, 1.807) is 6.08 Å². The predicted molar refractivity (Wildman–Crippen MR) is 112 cm³/mol. The fourth-order valence-corrected chi connectivity index (χ4v) is 3.59. The Bertz CT molecular complexity index is 860. The Morgan fingerprint density at radius 1 is 1.07 bits per heavy atom. The molecule has 2 amide bonds. The molecule has 1 aliphatic heterocycles. The second kappa shape index (κ2) is 8.76. The van der Waals surface area contributed by atoms with Crippen molar-refractivity contribution in [1.29, 1.82) is 0 Å². The zero-order chi connectivity index (χ0) is 19.4. The van der Waals surface area contributed by atoms with E-state index in [-0.39, 0.29) is 17.7 Å². The summed E-state index contributed by atoms with van der Waals surface area (Å²) >= 11 is 4.36. The summed E-state index contributed by atoms with van der Waals surface area (Å²) < 4.78 is 6.62. The van der Waals surface area contributed by atoms with Crippen molar-refractivity contribution in [2.45, 2.75) is 20.4 Å². The molecule has 0 saturated carbocycles. The first-order valence-corrected chi connectivity index (χ1v) is 10.3. The van der Waals surface area contributed by atoms with Crippen molar-refractivity contribution in [2.75, 3.05) is 6.61 Å². The second-order valence-corrected chi connectivity index (χ2v) is 8.58. The summed E-state index contributed by atoms with van der Waals surface area (Å²) in [5, 5.41) is -0.244. The van der Waals surface area contributed by atoms with E-state index in [1.165, 1.54) is 4.90 Å². The van der Waals surface area contributed by atoms with Crippen molar-refractivity contribution in [1.82, 2.24) is 4.90 Å². The monoisotopic (exact) mass is 445 g/mol. The molecule has 0 radical (unpaired) electrons. The van der Waals surface area contributed by atoms with Crippen LogP contribution in [0, 0.1) is 5.92 Å². The molecule has 4 nitrogen and oxygen atoms in total. The van der Waals surface area contributed by atoms with E-state index in [0.717, 1.165) is 33.1 Å². The SMILES string of the molecule is CC(C)COc1ccc(/C=C2\SC(=O)N(Cc3ccc(Br)cc3)C2=O)cc1. The highest BCUT2D eigenvalue weighted by atomic mass is 79.9. The van der Waals surface area contributed by atoms with Crippen molar-refractivity contribution in [2.24, 2.45) is 5.92 Å². The van der Waals surface area contributed by atoms with Crippen LogP contribution in [0.1, 0.15) is 25.0 Å². The van der Waals surface area contributed by atoms with Gasteiger partial charge in [-0.15, -0.1) is 0 Å². The molecule has 0 unspecified atom stereocenters. The maximum absolute atomic E-state index is 12.6. The minimum absolute atomic E-state index is 0.244. The van der Waals surface area contributed by atoms with Crippen LogP contribution in [0.3, 0.4) is 0 Å². The maximum atomic E-state index is 12.6. The number of hydrogen-bond acceptors (Lipinski definition) is 4. The topological polar surface area (TPSA) is 46.6 Å². The lowest BCUT2D eigenvalue weighted by Gasteiger charge is -2.12. The summed E-state index contributed by atoms with van der Waals surface area (Å²) in [6.07, 6.45) is 1.75. The summed E-state index contributed by atoms with van der Waals surface area (Å²) in [5.41, 5.74) is 1.77. The predicted octanol–water partition coefficient (Wildman–Crippen LogP) is 5.72. The van der Waals surface area contributed by atoms with Gasteiger partial charge in [0.2, 0.25) is 0 Å². The first-order chi connectivity index (χ1) is 12.9. The quantitative estimate of drug-likeness (QED) is 0.533. The lowest BCUT2D eigenvalue weighted by molar-refractivity contribution is -0.123. The van der Waals surface area contributed by atoms with Crippen molar-refractivity contribution >= 4 is 44.9 Å². The molecule has 140 valence electrons. The number of benzene rings is 2. The molecule has 3 rings (SSSR count). The zero-order valence-electron chi connectivity index (χ0n) is 15.1. The summed E-state index contributed by atoms with van der Waals surface area (Å²) in [6.45, 7) is 5.13. The number of imide groups is 1. The average molecular weight is 446 g/mol. The zero-order valence-corrected chi connectivity index (χ0v) is 17.5. The third kappa shape index (κ3) is 5.23. The molecule has 0 spiro atoms. The molecule has 0 N–H and O–H groups in total. The lowest BCUT2D eigenvalue weighted by atomic mass is 10.2. The molecule has 1 heterocycles. The van der Waals surface area contributed by atoms with Gasteiger partial charge in [-0.25, -0.2) is 0 Å². The number of halogens is 1. The summed E-state index contributed by atoms with van der Waals surface area (Å²) in [4.78, 5) is 26.6. The fraction of sp³-hybridized carbons (Fsp3) is 0.238.